The molecule has 4 aromatic rings. The van der Waals surface area contributed by atoms with Gasteiger partial charge in [0.1, 0.15) is 11.6 Å². The minimum atomic E-state index is 0.257. The van der Waals surface area contributed by atoms with Crippen molar-refractivity contribution in [1.29, 1.82) is 0 Å². The molecule has 0 saturated carbocycles. The molecule has 0 saturated heterocycles. The normalized spacial score (nSPS) is 10.8. The lowest BCUT2D eigenvalue weighted by Gasteiger charge is -2.07. The number of nitrogens with zero attached hydrogens (tertiary/aromatic N) is 4. The van der Waals surface area contributed by atoms with Gasteiger partial charge in [0, 0.05) is 24.5 Å². The van der Waals surface area contributed by atoms with Crippen molar-refractivity contribution in [3.63, 3.8) is 0 Å². The molecule has 6 heteroatoms. The van der Waals surface area contributed by atoms with Gasteiger partial charge in [0.05, 0.1) is 11.9 Å². The minimum Gasteiger partial charge on any atom is -0.508 e. The van der Waals surface area contributed by atoms with Crippen molar-refractivity contribution >= 4 is 11.5 Å². The molecular formula is C18H15N5O. The summed E-state index contributed by atoms with van der Waals surface area (Å²) in [5.41, 5.74) is 3.69. The zero-order chi connectivity index (χ0) is 16.4. The molecule has 0 aliphatic carbocycles. The van der Waals surface area contributed by atoms with E-state index in [2.05, 4.69) is 20.4 Å². The highest BCUT2D eigenvalue weighted by atomic mass is 16.3. The Morgan fingerprint density at radius 1 is 1.04 bits per heavy atom. The Balaban J connectivity index is 1.63. The van der Waals surface area contributed by atoms with Gasteiger partial charge < -0.3 is 10.4 Å². The number of hydrogen-bond acceptors (Lipinski definition) is 5. The van der Waals surface area contributed by atoms with Crippen LogP contribution in [0.2, 0.25) is 0 Å². The molecule has 3 heterocycles. The van der Waals surface area contributed by atoms with Gasteiger partial charge in [-0.2, -0.15) is 0 Å². The third-order valence-electron chi connectivity index (χ3n) is 3.72. The summed E-state index contributed by atoms with van der Waals surface area (Å²) in [6, 6.07) is 14.8. The average molecular weight is 317 g/mol. The molecule has 118 valence electrons. The first-order valence-electron chi connectivity index (χ1n) is 7.56. The molecule has 0 fully saturated rings. The molecule has 0 unspecified atom stereocenters. The fourth-order valence-electron chi connectivity index (χ4n) is 2.55. The van der Waals surface area contributed by atoms with Crippen molar-refractivity contribution in [3.8, 4) is 17.0 Å². The maximum atomic E-state index is 9.53. The van der Waals surface area contributed by atoms with Gasteiger partial charge in [0.2, 0.25) is 0 Å². The van der Waals surface area contributed by atoms with Gasteiger partial charge in [-0.05, 0) is 42.0 Å². The number of phenolic OH excluding ortho intramolecular Hbond substituents is 1. The lowest BCUT2D eigenvalue weighted by molar-refractivity contribution is 0.474. The van der Waals surface area contributed by atoms with Crippen molar-refractivity contribution in [2.45, 2.75) is 6.54 Å². The number of rotatable bonds is 4. The first kappa shape index (κ1) is 14.2. The summed E-state index contributed by atoms with van der Waals surface area (Å²) in [5, 5.41) is 17.4. The summed E-state index contributed by atoms with van der Waals surface area (Å²) < 4.78 is 1.81. The lowest BCUT2D eigenvalue weighted by Crippen LogP contribution is -2.04. The maximum absolute atomic E-state index is 9.53. The highest BCUT2D eigenvalue weighted by Gasteiger charge is 2.07. The summed E-state index contributed by atoms with van der Waals surface area (Å²) in [4.78, 5) is 8.43. The van der Waals surface area contributed by atoms with Crippen LogP contribution in [-0.4, -0.2) is 24.7 Å². The number of pyridine rings is 1. The van der Waals surface area contributed by atoms with Crippen molar-refractivity contribution in [2.75, 3.05) is 5.32 Å². The molecule has 2 N–H and O–H groups in total. The Morgan fingerprint density at radius 3 is 2.75 bits per heavy atom. The van der Waals surface area contributed by atoms with E-state index in [9.17, 15) is 5.11 Å². The highest BCUT2D eigenvalue weighted by Crippen LogP contribution is 2.20. The molecule has 0 atom stereocenters. The zero-order valence-corrected chi connectivity index (χ0v) is 12.8. The number of phenols is 1. The quantitative estimate of drug-likeness (QED) is 0.605. The second-order valence-corrected chi connectivity index (χ2v) is 5.39. The molecule has 0 aliphatic heterocycles. The molecule has 1 aromatic carbocycles. The number of hydrogen-bond donors (Lipinski definition) is 2. The van der Waals surface area contributed by atoms with E-state index in [4.69, 9.17) is 0 Å². The lowest BCUT2D eigenvalue weighted by atomic mass is 10.2. The van der Waals surface area contributed by atoms with E-state index in [1.165, 1.54) is 0 Å². The number of aromatic nitrogens is 4. The molecule has 0 amide bonds. The Labute approximate surface area is 138 Å². The van der Waals surface area contributed by atoms with Crippen molar-refractivity contribution < 1.29 is 5.11 Å². The van der Waals surface area contributed by atoms with E-state index in [0.717, 1.165) is 28.3 Å². The van der Waals surface area contributed by atoms with Crippen molar-refractivity contribution in [3.05, 3.63) is 72.7 Å². The van der Waals surface area contributed by atoms with E-state index in [0.29, 0.717) is 6.54 Å². The maximum Gasteiger partial charge on any atom is 0.154 e. The summed E-state index contributed by atoms with van der Waals surface area (Å²) >= 11 is 0. The van der Waals surface area contributed by atoms with Crippen LogP contribution in [0.15, 0.2) is 67.1 Å². The molecule has 4 rings (SSSR count). The summed E-state index contributed by atoms with van der Waals surface area (Å²) in [7, 11) is 0. The largest absolute Gasteiger partial charge is 0.508 e. The van der Waals surface area contributed by atoms with Crippen LogP contribution in [0.1, 0.15) is 5.56 Å². The van der Waals surface area contributed by atoms with Gasteiger partial charge in [-0.1, -0.05) is 12.1 Å². The van der Waals surface area contributed by atoms with E-state index in [-0.39, 0.29) is 5.75 Å². The smallest absolute Gasteiger partial charge is 0.154 e. The minimum absolute atomic E-state index is 0.257. The molecule has 0 radical (unpaired) electrons. The summed E-state index contributed by atoms with van der Waals surface area (Å²) in [5.74, 6) is 0.992. The molecule has 0 bridgehead atoms. The second kappa shape index (κ2) is 6.00. The highest BCUT2D eigenvalue weighted by molar-refractivity contribution is 5.63. The van der Waals surface area contributed by atoms with Crippen LogP contribution in [0, 0.1) is 0 Å². The summed E-state index contributed by atoms with van der Waals surface area (Å²) in [6.45, 7) is 0.576. The van der Waals surface area contributed by atoms with Gasteiger partial charge in [-0.25, -0.2) is 9.50 Å². The number of aromatic hydroxyl groups is 1. The number of nitrogens with one attached hydrogen (secondary N) is 1. The van der Waals surface area contributed by atoms with E-state index in [1.807, 2.05) is 36.4 Å². The Bertz CT molecular complexity index is 981. The average Bonchev–Trinajstić information content (AvgIpc) is 3.04. The molecule has 24 heavy (non-hydrogen) atoms. The number of imidazole rings is 1. The molecule has 6 nitrogen and oxygen atoms in total. The van der Waals surface area contributed by atoms with Crippen LogP contribution >= 0.6 is 0 Å². The van der Waals surface area contributed by atoms with Crippen molar-refractivity contribution in [2.24, 2.45) is 0 Å². The standard InChI is InChI=1S/C18H15N5O/c24-15-3-1-2-13(10-15)11-20-17-4-5-18-21-12-16(23(18)22-17)14-6-8-19-9-7-14/h1-10,12,24H,11H2,(H,20,22). The number of anilines is 1. The molecular weight excluding hydrogens is 302 g/mol. The van der Waals surface area contributed by atoms with Gasteiger partial charge in [-0.3, -0.25) is 4.98 Å². The number of fused-ring (bicyclic) bond motifs is 1. The molecule has 0 aliphatic rings. The fourth-order valence-corrected chi connectivity index (χ4v) is 2.55. The first-order valence-corrected chi connectivity index (χ1v) is 7.56. The monoisotopic (exact) mass is 317 g/mol. The predicted molar refractivity (Wildman–Crippen MR) is 91.7 cm³/mol. The van der Waals surface area contributed by atoms with Gasteiger partial charge in [0.15, 0.2) is 5.65 Å². The van der Waals surface area contributed by atoms with Gasteiger partial charge in [-0.15, -0.1) is 5.10 Å². The van der Waals surface area contributed by atoms with E-state index >= 15 is 0 Å². The van der Waals surface area contributed by atoms with Crippen LogP contribution in [0.4, 0.5) is 5.82 Å². The van der Waals surface area contributed by atoms with E-state index < -0.39 is 0 Å². The Kier molecular flexibility index (Phi) is 3.55. The second-order valence-electron chi connectivity index (χ2n) is 5.39. The van der Waals surface area contributed by atoms with Crippen LogP contribution in [0.3, 0.4) is 0 Å². The Morgan fingerprint density at radius 2 is 1.92 bits per heavy atom. The number of benzene rings is 1. The van der Waals surface area contributed by atoms with Crippen LogP contribution in [0.25, 0.3) is 16.9 Å². The fraction of sp³-hybridized carbons (Fsp3) is 0.0556. The first-order chi connectivity index (χ1) is 11.8. The van der Waals surface area contributed by atoms with Crippen LogP contribution in [0.5, 0.6) is 5.75 Å². The van der Waals surface area contributed by atoms with Gasteiger partial charge in [0.25, 0.3) is 0 Å². The zero-order valence-electron chi connectivity index (χ0n) is 12.8. The Hall–Kier alpha value is -3.41. The van der Waals surface area contributed by atoms with Crippen LogP contribution < -0.4 is 5.32 Å². The molecule has 3 aromatic heterocycles. The topological polar surface area (TPSA) is 75.3 Å². The third kappa shape index (κ3) is 2.77. The SMILES string of the molecule is Oc1cccc(CNc2ccc3ncc(-c4ccncc4)n3n2)c1. The third-order valence-corrected chi connectivity index (χ3v) is 3.72. The molecule has 0 spiro atoms. The van der Waals surface area contributed by atoms with Crippen molar-refractivity contribution in [1.82, 2.24) is 19.6 Å². The van der Waals surface area contributed by atoms with E-state index in [1.54, 1.807) is 35.2 Å². The predicted octanol–water partition coefficient (Wildman–Crippen LogP) is 3.11. The van der Waals surface area contributed by atoms with Crippen LogP contribution in [-0.2, 0) is 6.54 Å². The summed E-state index contributed by atoms with van der Waals surface area (Å²) in [6.07, 6.45) is 5.30. The van der Waals surface area contributed by atoms with Gasteiger partial charge >= 0.3 is 0 Å².